The molecule has 3 N–H and O–H groups in total. The molecule has 2 atom stereocenters. The number of fused-ring (bicyclic) bond motifs is 1. The van der Waals surface area contributed by atoms with Crippen LogP contribution in [0.2, 0.25) is 10.0 Å². The Labute approximate surface area is 221 Å². The molecule has 1 aliphatic heterocycles. The third-order valence-corrected chi connectivity index (χ3v) is 8.90. The summed E-state index contributed by atoms with van der Waals surface area (Å²) in [6.45, 7) is 4.14. The van der Waals surface area contributed by atoms with Crippen molar-refractivity contribution in [1.29, 1.82) is 0 Å². The summed E-state index contributed by atoms with van der Waals surface area (Å²) < 4.78 is 15.4. The zero-order valence-corrected chi connectivity index (χ0v) is 22.7. The van der Waals surface area contributed by atoms with Gasteiger partial charge in [-0.25, -0.2) is 0 Å². The first-order chi connectivity index (χ1) is 16.8. The van der Waals surface area contributed by atoms with Gasteiger partial charge in [0.15, 0.2) is 0 Å². The normalized spacial score (nSPS) is 17.5. The molecule has 1 amide bonds. The number of rotatable bonds is 7. The van der Waals surface area contributed by atoms with Gasteiger partial charge in [-0.05, 0) is 0 Å². The van der Waals surface area contributed by atoms with Crippen molar-refractivity contribution in [2.75, 3.05) is 26.1 Å². The number of hydrogen-bond acceptors (Lipinski definition) is 8. The predicted molar refractivity (Wildman–Crippen MR) is 131 cm³/mol. The van der Waals surface area contributed by atoms with Gasteiger partial charge < -0.3 is 0 Å². The van der Waals surface area contributed by atoms with Crippen molar-refractivity contribution >= 4 is 46.1 Å². The van der Waals surface area contributed by atoms with Gasteiger partial charge in [-0.15, -0.1) is 0 Å². The maximum absolute atomic E-state index is 13.4. The number of halogens is 3. The molecule has 4 rings (SSSR count). The van der Waals surface area contributed by atoms with Crippen LogP contribution in [0.3, 0.4) is 0 Å². The minimum absolute atomic E-state index is 0.0340. The van der Waals surface area contributed by atoms with Gasteiger partial charge in [0.2, 0.25) is 0 Å². The Morgan fingerprint density at radius 1 is 1.29 bits per heavy atom. The summed E-state index contributed by atoms with van der Waals surface area (Å²) in [7, 11) is 4.55. The number of amides is 1. The number of benzene rings is 1. The van der Waals surface area contributed by atoms with Gasteiger partial charge >= 0.3 is 208 Å². The number of aromatic nitrogens is 3. The Morgan fingerprint density at radius 3 is 2.60 bits per heavy atom. The average Bonchev–Trinajstić information content (AvgIpc) is 3.28. The van der Waals surface area contributed by atoms with Crippen molar-refractivity contribution in [3.8, 4) is 22.6 Å². The fourth-order valence-electron chi connectivity index (χ4n) is 3.62. The van der Waals surface area contributed by atoms with Crippen LogP contribution in [-0.4, -0.2) is 51.3 Å². The Balaban J connectivity index is 1.75. The molecule has 3 heterocycles. The van der Waals surface area contributed by atoms with Crippen LogP contribution in [0.1, 0.15) is 0 Å². The molecule has 0 saturated carbocycles. The molecule has 1 aromatic carbocycles. The fraction of sp³-hybridized carbons (Fsp3) is 0.273. The molecule has 0 spiro atoms. The molecule has 2 aromatic heterocycles. The van der Waals surface area contributed by atoms with E-state index in [1.165, 1.54) is 24.9 Å². The molecule has 1 aliphatic rings. The molecule has 0 aliphatic carbocycles. The number of methoxy groups -OCH3 is 2. The van der Waals surface area contributed by atoms with Gasteiger partial charge in [0.1, 0.15) is 0 Å². The number of nitrogens with zero attached hydrogens (tertiary/aromatic N) is 3. The molecule has 186 valence electrons. The van der Waals surface area contributed by atoms with E-state index in [1.807, 2.05) is 0 Å². The van der Waals surface area contributed by atoms with Crippen LogP contribution in [0.15, 0.2) is 35.8 Å². The second-order valence-electron chi connectivity index (χ2n) is 7.49. The van der Waals surface area contributed by atoms with Gasteiger partial charge in [-0.1, -0.05) is 0 Å². The molecular formula is C22H22Cl2IN6O4-. The molecule has 0 bridgehead atoms. The molecule has 0 radical (unpaired) electrons. The quantitative estimate of drug-likeness (QED) is 0.103. The Hall–Kier alpha value is -2.61. The zero-order chi connectivity index (χ0) is 25.3. The summed E-state index contributed by atoms with van der Waals surface area (Å²) in [5.41, 5.74) is 0.632. The summed E-state index contributed by atoms with van der Waals surface area (Å²) in [5, 5.41) is 7.18. The van der Waals surface area contributed by atoms with E-state index in [0.29, 0.717) is 40.6 Å². The van der Waals surface area contributed by atoms with E-state index in [0.717, 1.165) is 0 Å². The maximum atomic E-state index is 13.4. The number of anilines is 1. The number of alkyl halides is 1. The van der Waals surface area contributed by atoms with E-state index in [2.05, 4.69) is 30.7 Å². The first-order valence-corrected chi connectivity index (χ1v) is 13.4. The number of carbonyl (C=O) groups is 1. The first-order valence-electron chi connectivity index (χ1n) is 10.3. The van der Waals surface area contributed by atoms with Crippen LogP contribution in [0, 0.1) is 0 Å². The number of ether oxygens (including phenoxy) is 2. The average molecular weight is 632 g/mol. The number of carbonyl (C=O) groups excluding carboxylic acids is 1. The van der Waals surface area contributed by atoms with Crippen LogP contribution in [-0.2, 0) is 11.8 Å². The van der Waals surface area contributed by atoms with Crippen molar-refractivity contribution in [2.24, 2.45) is 7.05 Å². The molecule has 13 heteroatoms. The molecule has 35 heavy (non-hydrogen) atoms. The number of aryl methyl sites for hydroxylation is 1. The van der Waals surface area contributed by atoms with Crippen LogP contribution in [0.5, 0.6) is 11.5 Å². The van der Waals surface area contributed by atoms with Gasteiger partial charge in [-0.2, -0.15) is 0 Å². The predicted octanol–water partition coefficient (Wildman–Crippen LogP) is -0.664. The van der Waals surface area contributed by atoms with E-state index in [-0.39, 0.29) is 37.2 Å². The molecule has 1 saturated heterocycles. The standard InChI is InChI=1S/C22H22Cl2IN6O4/c1-5-15(32)28-12-9-27-25-19(12)29-22-26-8-10-6-11(21(33)31(2)20(10)30-22)16-17(23)13(34-3)7-14(35-4)18(16)24/h5-8,12,19,27H,1,9H2,2-4H3,(H,28,32)(H,26,29,30)/q-1. The van der Waals surface area contributed by atoms with E-state index in [9.17, 15) is 9.59 Å². The Kier molecular flexibility index (Phi) is 7.69. The van der Waals surface area contributed by atoms with E-state index in [1.54, 1.807) is 25.4 Å². The van der Waals surface area contributed by atoms with E-state index < -0.39 is 21.5 Å². The zero-order valence-electron chi connectivity index (χ0n) is 19.0. The summed E-state index contributed by atoms with van der Waals surface area (Å²) in [5.74, 6) is 0.765. The van der Waals surface area contributed by atoms with Crippen molar-refractivity contribution in [3.63, 3.8) is 0 Å². The van der Waals surface area contributed by atoms with Gasteiger partial charge in [0.05, 0.1) is 14.2 Å². The monoisotopic (exact) mass is 631 g/mol. The Morgan fingerprint density at radius 2 is 1.97 bits per heavy atom. The summed E-state index contributed by atoms with van der Waals surface area (Å²) in [6.07, 6.45) is 2.86. The number of pyridine rings is 1. The fourth-order valence-corrected chi connectivity index (χ4v) is 6.83. The second-order valence-corrected chi connectivity index (χ2v) is 11.0. The van der Waals surface area contributed by atoms with Crippen LogP contribution >= 0.6 is 23.2 Å². The van der Waals surface area contributed by atoms with Crippen LogP contribution in [0.4, 0.5) is 5.95 Å². The Bertz CT molecular complexity index is 1350. The summed E-state index contributed by atoms with van der Waals surface area (Å²) in [4.78, 5) is 34.1. The van der Waals surface area contributed by atoms with Crippen molar-refractivity contribution in [3.05, 3.63) is 51.4 Å². The van der Waals surface area contributed by atoms with Gasteiger partial charge in [0, 0.05) is 0 Å². The third kappa shape index (κ3) is 4.90. The first kappa shape index (κ1) is 25.5. The van der Waals surface area contributed by atoms with Gasteiger partial charge in [0.25, 0.3) is 0 Å². The van der Waals surface area contributed by atoms with Crippen LogP contribution < -0.4 is 50.7 Å². The second kappa shape index (κ2) is 10.6. The third-order valence-electron chi connectivity index (χ3n) is 5.42. The van der Waals surface area contributed by atoms with Crippen molar-refractivity contribution in [2.45, 2.75) is 10.1 Å². The number of nitrogens with one attached hydrogen (secondary N) is 3. The van der Waals surface area contributed by atoms with Gasteiger partial charge in [-0.3, -0.25) is 0 Å². The SMILES string of the molecule is C=CC(=O)NC1CN[I-]C1Nc1ncc2cc(-c3c(Cl)c(OC)cc(OC)c3Cl)c(=O)n(C)c2n1. The minimum atomic E-state index is -0.451. The molecular weight excluding hydrogens is 610 g/mol. The van der Waals surface area contributed by atoms with Crippen molar-refractivity contribution in [1.82, 2.24) is 23.4 Å². The summed E-state index contributed by atoms with van der Waals surface area (Å²) >= 11 is 12.6. The molecule has 2 unspecified atom stereocenters. The molecule has 10 nitrogen and oxygen atoms in total. The molecule has 1 fully saturated rings. The number of hydrogen-bond donors (Lipinski definition) is 3. The van der Waals surface area contributed by atoms with Crippen molar-refractivity contribution < 1.29 is 35.7 Å². The van der Waals surface area contributed by atoms with E-state index >= 15 is 0 Å². The molecule has 3 aromatic rings. The topological polar surface area (TPSA) is 119 Å². The van der Waals surface area contributed by atoms with E-state index in [4.69, 9.17) is 32.7 Å². The van der Waals surface area contributed by atoms with Crippen LogP contribution in [0.25, 0.3) is 22.2 Å². The summed E-state index contributed by atoms with van der Waals surface area (Å²) in [6, 6.07) is 3.09.